The summed E-state index contributed by atoms with van der Waals surface area (Å²) < 4.78 is 39.3. The molecule has 8 nitrogen and oxygen atoms in total. The zero-order chi connectivity index (χ0) is 30.9. The van der Waals surface area contributed by atoms with E-state index >= 15 is 0 Å². The number of hydrogen-bond donors (Lipinski definition) is 0. The van der Waals surface area contributed by atoms with Crippen LogP contribution >= 0.6 is 0 Å². The molecule has 1 aliphatic carbocycles. The van der Waals surface area contributed by atoms with Crippen LogP contribution < -0.4 is 14.2 Å². The molecule has 0 heterocycles. The van der Waals surface area contributed by atoms with Crippen LogP contribution in [-0.4, -0.2) is 44.3 Å². The first-order chi connectivity index (χ1) is 20.6. The van der Waals surface area contributed by atoms with Gasteiger partial charge < -0.3 is 23.7 Å². The lowest BCUT2D eigenvalue weighted by molar-refractivity contribution is -0.141. The van der Waals surface area contributed by atoms with Crippen LogP contribution in [0.25, 0.3) is 11.1 Å². The third kappa shape index (κ3) is 8.09. The first-order valence-corrected chi connectivity index (χ1v) is 13.8. The molecule has 9 heteroatoms. The van der Waals surface area contributed by atoms with Gasteiger partial charge in [0.2, 0.25) is 5.83 Å². The second-order valence-electron chi connectivity index (χ2n) is 9.99. The number of esters is 3. The molecule has 43 heavy (non-hydrogen) atoms. The van der Waals surface area contributed by atoms with Gasteiger partial charge >= 0.3 is 17.9 Å². The maximum atomic E-state index is 13.0. The summed E-state index contributed by atoms with van der Waals surface area (Å²) in [6.45, 7) is 10.9. The average Bonchev–Trinajstić information content (AvgIpc) is 3.27. The van der Waals surface area contributed by atoms with Gasteiger partial charge in [0.15, 0.2) is 0 Å². The number of carbonyl (C=O) groups is 3. The van der Waals surface area contributed by atoms with Crippen molar-refractivity contribution in [2.24, 2.45) is 0 Å². The van der Waals surface area contributed by atoms with Crippen LogP contribution in [0.15, 0.2) is 85.2 Å². The number of ether oxygens (including phenoxy) is 5. The van der Waals surface area contributed by atoms with Gasteiger partial charge in [-0.1, -0.05) is 32.2 Å². The maximum absolute atomic E-state index is 13.0. The first kappa shape index (κ1) is 31.0. The standard InChI is InChI=1S/C34H33FO8/c1-21(2)32(36)42-18-17-40-27-12-14-29-28-13-7-24(19-30(28)22(3)31(29)20-27)34(38)43-26-10-8-25(9-11-26)39-15-5-6-16-41-33(37)23(4)35/h7-14,19-20,22H,1,4-6,15-18H2,2-3H3. The lowest BCUT2D eigenvalue weighted by atomic mass is 9.98. The predicted octanol–water partition coefficient (Wildman–Crippen LogP) is 6.72. The summed E-state index contributed by atoms with van der Waals surface area (Å²) in [6.07, 6.45) is 1.12. The van der Waals surface area contributed by atoms with Gasteiger partial charge in [0, 0.05) is 11.5 Å². The van der Waals surface area contributed by atoms with Gasteiger partial charge in [-0.15, -0.1) is 0 Å². The SMILES string of the molecule is C=C(C)C(=O)OCCOc1ccc2c(c1)C(C)c1cc(C(=O)Oc3ccc(OCCCCOC(=O)C(=C)F)cc3)ccc1-2. The average molecular weight is 589 g/mol. The minimum atomic E-state index is -1.12. The van der Waals surface area contributed by atoms with Crippen LogP contribution in [0.4, 0.5) is 4.39 Å². The molecular formula is C34H33FO8. The summed E-state index contributed by atoms with van der Waals surface area (Å²) in [5.74, 6) is -1.42. The fourth-order valence-electron chi connectivity index (χ4n) is 4.52. The molecule has 0 bridgehead atoms. The molecular weight excluding hydrogens is 555 g/mol. The predicted molar refractivity (Wildman–Crippen MR) is 158 cm³/mol. The van der Waals surface area contributed by atoms with Crippen LogP contribution in [0.3, 0.4) is 0 Å². The number of hydrogen-bond acceptors (Lipinski definition) is 8. The molecule has 3 aromatic carbocycles. The highest BCUT2D eigenvalue weighted by molar-refractivity contribution is 5.93. The molecule has 0 radical (unpaired) electrons. The Labute approximate surface area is 249 Å². The zero-order valence-electron chi connectivity index (χ0n) is 24.2. The van der Waals surface area contributed by atoms with Crippen molar-refractivity contribution >= 4 is 17.9 Å². The monoisotopic (exact) mass is 588 g/mol. The molecule has 4 rings (SSSR count). The van der Waals surface area contributed by atoms with Gasteiger partial charge in [0.05, 0.1) is 18.8 Å². The zero-order valence-corrected chi connectivity index (χ0v) is 24.2. The molecule has 0 aromatic heterocycles. The van der Waals surface area contributed by atoms with E-state index in [1.807, 2.05) is 30.3 Å². The molecule has 1 unspecified atom stereocenters. The molecule has 0 fully saturated rings. The molecule has 0 spiro atoms. The van der Waals surface area contributed by atoms with E-state index in [0.717, 1.165) is 22.3 Å². The second-order valence-corrected chi connectivity index (χ2v) is 9.99. The lowest BCUT2D eigenvalue weighted by Gasteiger charge is -2.11. The number of unbranched alkanes of at least 4 members (excludes halogenated alkanes) is 1. The van der Waals surface area contributed by atoms with E-state index in [-0.39, 0.29) is 25.7 Å². The Kier molecular flexibility index (Phi) is 10.3. The summed E-state index contributed by atoms with van der Waals surface area (Å²) in [7, 11) is 0. The van der Waals surface area contributed by atoms with Crippen molar-refractivity contribution in [1.29, 1.82) is 0 Å². The van der Waals surface area contributed by atoms with Crippen LogP contribution in [-0.2, 0) is 19.1 Å². The third-order valence-electron chi connectivity index (χ3n) is 6.76. The summed E-state index contributed by atoms with van der Waals surface area (Å²) in [4.78, 5) is 35.5. The molecule has 1 atom stereocenters. The van der Waals surface area contributed by atoms with Crippen molar-refractivity contribution in [3.05, 3.63) is 102 Å². The Morgan fingerprint density at radius 2 is 1.30 bits per heavy atom. The van der Waals surface area contributed by atoms with Gasteiger partial charge in [-0.3, -0.25) is 0 Å². The largest absolute Gasteiger partial charge is 0.494 e. The lowest BCUT2D eigenvalue weighted by Crippen LogP contribution is -2.12. The highest BCUT2D eigenvalue weighted by Gasteiger charge is 2.27. The number of carbonyl (C=O) groups excluding carboxylic acids is 3. The quantitative estimate of drug-likeness (QED) is 0.0886. The Hall–Kier alpha value is -4.92. The van der Waals surface area contributed by atoms with Crippen molar-refractivity contribution in [3.63, 3.8) is 0 Å². The van der Waals surface area contributed by atoms with Gasteiger partial charge in [0.1, 0.15) is 30.5 Å². The Balaban J connectivity index is 1.28. The van der Waals surface area contributed by atoms with Gasteiger partial charge in [0.25, 0.3) is 0 Å². The van der Waals surface area contributed by atoms with Gasteiger partial charge in [-0.05, 0) is 90.6 Å². The molecule has 3 aromatic rings. The van der Waals surface area contributed by atoms with Crippen molar-refractivity contribution < 1.29 is 42.5 Å². The summed E-state index contributed by atoms with van der Waals surface area (Å²) in [6, 6.07) is 18.1. The molecule has 0 amide bonds. The van der Waals surface area contributed by atoms with E-state index in [2.05, 4.69) is 24.8 Å². The molecule has 0 saturated carbocycles. The topological polar surface area (TPSA) is 97.4 Å². The number of fused-ring (bicyclic) bond motifs is 3. The molecule has 0 aliphatic heterocycles. The van der Waals surface area contributed by atoms with Gasteiger partial charge in [-0.25, -0.2) is 14.4 Å². The maximum Gasteiger partial charge on any atom is 0.366 e. The van der Waals surface area contributed by atoms with Crippen molar-refractivity contribution in [2.45, 2.75) is 32.6 Å². The van der Waals surface area contributed by atoms with Crippen LogP contribution in [0.5, 0.6) is 17.2 Å². The minimum Gasteiger partial charge on any atom is -0.494 e. The Bertz CT molecular complexity index is 1530. The number of halogens is 1. The van der Waals surface area contributed by atoms with E-state index in [9.17, 15) is 18.8 Å². The third-order valence-corrected chi connectivity index (χ3v) is 6.76. The second kappa shape index (κ2) is 14.3. The van der Waals surface area contributed by atoms with E-state index < -0.39 is 23.7 Å². The normalized spacial score (nSPS) is 12.9. The molecule has 0 saturated heterocycles. The Morgan fingerprint density at radius 3 is 2.00 bits per heavy atom. The van der Waals surface area contributed by atoms with E-state index in [1.165, 1.54) is 0 Å². The molecule has 0 N–H and O–H groups in total. The number of benzene rings is 3. The number of rotatable bonds is 14. The van der Waals surface area contributed by atoms with E-state index in [1.54, 1.807) is 37.3 Å². The fraction of sp³-hybridized carbons (Fsp3) is 0.265. The summed E-state index contributed by atoms with van der Waals surface area (Å²) in [5, 5.41) is 0. The van der Waals surface area contributed by atoms with Gasteiger partial charge in [-0.2, -0.15) is 4.39 Å². The minimum absolute atomic E-state index is 0.0363. The van der Waals surface area contributed by atoms with Crippen LogP contribution in [0.2, 0.25) is 0 Å². The smallest absolute Gasteiger partial charge is 0.366 e. The van der Waals surface area contributed by atoms with Crippen molar-refractivity contribution in [2.75, 3.05) is 26.4 Å². The summed E-state index contributed by atoms with van der Waals surface area (Å²) >= 11 is 0. The highest BCUT2D eigenvalue weighted by atomic mass is 19.1. The van der Waals surface area contributed by atoms with E-state index in [4.69, 9.17) is 18.9 Å². The van der Waals surface area contributed by atoms with Crippen LogP contribution in [0, 0.1) is 0 Å². The van der Waals surface area contributed by atoms with E-state index in [0.29, 0.717) is 47.8 Å². The van der Waals surface area contributed by atoms with Crippen LogP contribution in [0.1, 0.15) is 54.1 Å². The molecule has 1 aliphatic rings. The summed E-state index contributed by atoms with van der Waals surface area (Å²) in [5.41, 5.74) is 5.00. The molecule has 224 valence electrons. The highest BCUT2D eigenvalue weighted by Crippen LogP contribution is 2.46. The first-order valence-electron chi connectivity index (χ1n) is 13.8. The van der Waals surface area contributed by atoms with Crippen molar-refractivity contribution in [3.8, 4) is 28.4 Å². The van der Waals surface area contributed by atoms with Crippen molar-refractivity contribution in [1.82, 2.24) is 0 Å². The Morgan fingerprint density at radius 1 is 0.721 bits per heavy atom. The fourth-order valence-corrected chi connectivity index (χ4v) is 4.52.